The van der Waals surface area contributed by atoms with Crippen LogP contribution in [0.4, 0.5) is 13.6 Å². The van der Waals surface area contributed by atoms with Gasteiger partial charge in [0.25, 0.3) is 0 Å². The van der Waals surface area contributed by atoms with Crippen molar-refractivity contribution in [1.29, 1.82) is 0 Å². The number of urea groups is 1. The van der Waals surface area contributed by atoms with Crippen molar-refractivity contribution in [3.8, 4) is 11.3 Å². The molecule has 35 heavy (non-hydrogen) atoms. The number of imidazole rings is 1. The van der Waals surface area contributed by atoms with Crippen LogP contribution in [0.15, 0.2) is 30.5 Å². The van der Waals surface area contributed by atoms with Gasteiger partial charge in [0.05, 0.1) is 17.9 Å². The molecule has 7 nitrogen and oxygen atoms in total. The topological polar surface area (TPSA) is 72.3 Å². The van der Waals surface area contributed by atoms with Crippen molar-refractivity contribution < 1.29 is 18.3 Å². The highest BCUT2D eigenvalue weighted by Gasteiger charge is 2.48. The Morgan fingerprint density at radius 2 is 1.97 bits per heavy atom. The van der Waals surface area contributed by atoms with E-state index in [0.717, 1.165) is 59.5 Å². The van der Waals surface area contributed by atoms with Crippen LogP contribution in [0.2, 0.25) is 0 Å². The maximum absolute atomic E-state index is 13.7. The number of benzene rings is 1. The number of alkyl halides is 2. The number of carbonyl (C=O) groups excluding carboxylic acids is 1. The summed E-state index contributed by atoms with van der Waals surface area (Å²) in [6.07, 6.45) is 3.51. The van der Waals surface area contributed by atoms with E-state index in [1.54, 1.807) is 11.9 Å². The number of nitrogens with zero attached hydrogens (tertiary/aromatic N) is 4. The van der Waals surface area contributed by atoms with E-state index in [2.05, 4.69) is 22.0 Å². The van der Waals surface area contributed by atoms with Crippen molar-refractivity contribution in [2.24, 2.45) is 0 Å². The van der Waals surface area contributed by atoms with Gasteiger partial charge in [0.1, 0.15) is 5.82 Å². The second-order valence-electron chi connectivity index (χ2n) is 9.88. The largest absolute Gasteiger partial charge is 0.381 e. The minimum Gasteiger partial charge on any atom is -0.381 e. The summed E-state index contributed by atoms with van der Waals surface area (Å²) in [6.45, 7) is 2.97. The van der Waals surface area contributed by atoms with E-state index >= 15 is 0 Å². The molecule has 184 valence electrons. The van der Waals surface area contributed by atoms with Gasteiger partial charge in [0.15, 0.2) is 0 Å². The fraction of sp³-hybridized carbons (Fsp3) is 0.500. The van der Waals surface area contributed by atoms with Crippen molar-refractivity contribution in [2.75, 3.05) is 26.8 Å². The van der Waals surface area contributed by atoms with Gasteiger partial charge in [-0.2, -0.15) is 0 Å². The molecule has 1 saturated carbocycles. The molecule has 0 bridgehead atoms. The first-order valence-corrected chi connectivity index (χ1v) is 12.3. The van der Waals surface area contributed by atoms with E-state index in [1.807, 2.05) is 18.3 Å². The minimum atomic E-state index is -2.62. The summed E-state index contributed by atoms with van der Waals surface area (Å²) in [4.78, 5) is 23.9. The molecule has 1 aliphatic carbocycles. The van der Waals surface area contributed by atoms with E-state index in [9.17, 15) is 13.6 Å². The number of fused-ring (bicyclic) bond motifs is 2. The van der Waals surface area contributed by atoms with Crippen molar-refractivity contribution in [1.82, 2.24) is 24.8 Å². The molecule has 6 rings (SSSR count). The molecule has 3 aromatic rings. The van der Waals surface area contributed by atoms with Gasteiger partial charge in [0.2, 0.25) is 5.92 Å². The van der Waals surface area contributed by atoms with Crippen LogP contribution in [-0.2, 0) is 17.8 Å². The average Bonchev–Trinajstić information content (AvgIpc) is 3.25. The first-order valence-electron chi connectivity index (χ1n) is 12.3. The number of hydrogen-bond acceptors (Lipinski definition) is 4. The molecule has 2 amide bonds. The summed E-state index contributed by atoms with van der Waals surface area (Å²) in [5.74, 6) is -1.78. The first kappa shape index (κ1) is 22.4. The second-order valence-corrected chi connectivity index (χ2v) is 9.88. The Morgan fingerprint density at radius 1 is 1.17 bits per heavy atom. The Bertz CT molecular complexity index is 1280. The molecule has 2 aliphatic heterocycles. The van der Waals surface area contributed by atoms with Crippen LogP contribution in [0.25, 0.3) is 22.0 Å². The molecule has 0 radical (unpaired) electrons. The lowest BCUT2D eigenvalue weighted by Gasteiger charge is -2.36. The number of nitrogens with one attached hydrogen (secondary N) is 1. The molecule has 2 fully saturated rings. The zero-order chi connectivity index (χ0) is 24.2. The van der Waals surface area contributed by atoms with Gasteiger partial charge in [-0.1, -0.05) is 18.2 Å². The molecule has 0 atom stereocenters. The highest BCUT2D eigenvalue weighted by molar-refractivity contribution is 5.96. The van der Waals surface area contributed by atoms with Gasteiger partial charge >= 0.3 is 6.03 Å². The molecular weight excluding hydrogens is 452 g/mol. The monoisotopic (exact) mass is 481 g/mol. The summed E-state index contributed by atoms with van der Waals surface area (Å²) in [5, 5.41) is 4.75. The molecule has 1 saturated heterocycles. The van der Waals surface area contributed by atoms with Crippen LogP contribution in [0.5, 0.6) is 0 Å². The zero-order valence-electron chi connectivity index (χ0n) is 19.8. The summed E-state index contributed by atoms with van der Waals surface area (Å²) in [5.41, 5.74) is 3.66. The quantitative estimate of drug-likeness (QED) is 0.591. The standard InChI is InChI=1S/C26H29F2N5O2/c1-29-25(34)32-7-8-33-22(15-32)23(31-24(33)18-12-26(27,28)13-18)19-4-2-3-17-11-21(30-14-20(17)19)16-5-9-35-10-6-16/h2-4,11,14,16,18H,5-10,12-13,15H2,1H3,(H,29,34). The normalized spacial score (nSPS) is 20.5. The summed E-state index contributed by atoms with van der Waals surface area (Å²) >= 11 is 0. The van der Waals surface area contributed by atoms with Gasteiger partial charge in [-0.05, 0) is 24.3 Å². The highest BCUT2D eigenvalue weighted by Crippen LogP contribution is 2.49. The number of aromatic nitrogens is 3. The van der Waals surface area contributed by atoms with Crippen molar-refractivity contribution in [2.45, 2.75) is 56.5 Å². The molecule has 1 aromatic carbocycles. The Balaban J connectivity index is 1.43. The van der Waals surface area contributed by atoms with Gasteiger partial charge in [-0.15, -0.1) is 0 Å². The van der Waals surface area contributed by atoms with Gasteiger partial charge in [-0.25, -0.2) is 18.6 Å². The lowest BCUT2D eigenvalue weighted by atomic mass is 9.80. The third kappa shape index (κ3) is 3.95. The molecule has 2 aromatic heterocycles. The number of hydrogen-bond donors (Lipinski definition) is 1. The number of ether oxygens (including phenoxy) is 1. The Morgan fingerprint density at radius 3 is 2.71 bits per heavy atom. The Hall–Kier alpha value is -3.07. The van der Waals surface area contributed by atoms with Crippen LogP contribution >= 0.6 is 0 Å². The van der Waals surface area contributed by atoms with Crippen LogP contribution in [-0.4, -0.2) is 58.2 Å². The zero-order valence-corrected chi connectivity index (χ0v) is 19.8. The molecule has 9 heteroatoms. The summed E-state index contributed by atoms with van der Waals surface area (Å²) < 4.78 is 35.0. The molecular formula is C26H29F2N5O2. The molecule has 1 N–H and O–H groups in total. The lowest BCUT2D eigenvalue weighted by molar-refractivity contribution is -0.0892. The van der Waals surface area contributed by atoms with Gasteiger partial charge in [-0.3, -0.25) is 4.98 Å². The fourth-order valence-electron chi connectivity index (χ4n) is 5.71. The molecule has 0 spiro atoms. The second kappa shape index (κ2) is 8.55. The van der Waals surface area contributed by atoms with E-state index in [1.165, 1.54) is 0 Å². The third-order valence-electron chi connectivity index (χ3n) is 7.67. The van der Waals surface area contributed by atoms with E-state index < -0.39 is 5.92 Å². The van der Waals surface area contributed by atoms with Crippen molar-refractivity contribution in [3.63, 3.8) is 0 Å². The molecule has 4 heterocycles. The number of pyridine rings is 1. The lowest BCUT2D eigenvalue weighted by Crippen LogP contribution is -2.43. The maximum Gasteiger partial charge on any atom is 0.317 e. The van der Waals surface area contributed by atoms with Crippen LogP contribution < -0.4 is 5.32 Å². The van der Waals surface area contributed by atoms with E-state index in [0.29, 0.717) is 31.4 Å². The fourth-order valence-corrected chi connectivity index (χ4v) is 5.71. The number of halogens is 2. The van der Waals surface area contributed by atoms with Crippen molar-refractivity contribution in [3.05, 3.63) is 47.7 Å². The first-order chi connectivity index (χ1) is 16.9. The SMILES string of the molecule is CNC(=O)N1CCn2c(C3CC(F)(F)C3)nc(-c3cccc4cc(C5CCOCC5)ncc34)c2C1. The van der Waals surface area contributed by atoms with Gasteiger partial charge < -0.3 is 19.5 Å². The van der Waals surface area contributed by atoms with Crippen LogP contribution in [0.3, 0.4) is 0 Å². The molecule has 3 aliphatic rings. The number of amides is 2. The highest BCUT2D eigenvalue weighted by atomic mass is 19.3. The number of rotatable bonds is 3. The van der Waals surface area contributed by atoms with Gasteiger partial charge in [0, 0.05) is 80.9 Å². The van der Waals surface area contributed by atoms with E-state index in [4.69, 9.17) is 14.7 Å². The Kier molecular flexibility index (Phi) is 5.47. The maximum atomic E-state index is 13.7. The predicted molar refractivity (Wildman–Crippen MR) is 128 cm³/mol. The third-order valence-corrected chi connectivity index (χ3v) is 7.67. The Labute approximate surface area is 202 Å². The van der Waals surface area contributed by atoms with E-state index in [-0.39, 0.29) is 24.8 Å². The summed E-state index contributed by atoms with van der Waals surface area (Å²) in [6, 6.07) is 8.10. The predicted octanol–water partition coefficient (Wildman–Crippen LogP) is 4.66. The van der Waals surface area contributed by atoms with Crippen molar-refractivity contribution >= 4 is 16.8 Å². The number of carbonyl (C=O) groups is 1. The van der Waals surface area contributed by atoms with Crippen LogP contribution in [0, 0.1) is 0 Å². The molecule has 0 unspecified atom stereocenters. The average molecular weight is 482 g/mol. The minimum absolute atomic E-state index is 0.152. The smallest absolute Gasteiger partial charge is 0.317 e. The van der Waals surface area contributed by atoms with Crippen LogP contribution in [0.1, 0.15) is 54.7 Å². The summed E-state index contributed by atoms with van der Waals surface area (Å²) in [7, 11) is 1.61.